The minimum absolute atomic E-state index is 0.0268. The van der Waals surface area contributed by atoms with Gasteiger partial charge in [0.25, 0.3) is 0 Å². The molecule has 0 radical (unpaired) electrons. The smallest absolute Gasteiger partial charge is 0.309 e. The van der Waals surface area contributed by atoms with Crippen molar-refractivity contribution in [3.05, 3.63) is 109 Å². The van der Waals surface area contributed by atoms with E-state index in [9.17, 15) is 30.0 Å². The highest BCUT2D eigenvalue weighted by molar-refractivity contribution is 5.71. The van der Waals surface area contributed by atoms with E-state index < -0.39 is 55.4 Å². The highest BCUT2D eigenvalue weighted by Crippen LogP contribution is 2.22. The quantitative estimate of drug-likeness (QED) is 0.0324. The van der Waals surface area contributed by atoms with Crippen molar-refractivity contribution in [2.45, 2.75) is 141 Å². The van der Waals surface area contributed by atoms with Crippen LogP contribution in [-0.2, 0) is 28.5 Å². The Labute approximate surface area is 330 Å². The van der Waals surface area contributed by atoms with E-state index in [1.54, 1.807) is 6.08 Å². The maximum Gasteiger partial charge on any atom is 0.309 e. The normalized spacial score (nSPS) is 21.7. The van der Waals surface area contributed by atoms with Crippen LogP contribution in [0.1, 0.15) is 104 Å². The summed E-state index contributed by atoms with van der Waals surface area (Å²) in [5.41, 5.74) is 0. The Balaban J connectivity index is 2.50. The van der Waals surface area contributed by atoms with Crippen molar-refractivity contribution in [1.29, 1.82) is 0 Å². The van der Waals surface area contributed by atoms with Crippen molar-refractivity contribution in [2.24, 2.45) is 0 Å². The fourth-order valence-electron chi connectivity index (χ4n) is 5.07. The van der Waals surface area contributed by atoms with Crippen LogP contribution in [0, 0.1) is 0 Å². The first-order chi connectivity index (χ1) is 26.8. The number of hydrogen-bond acceptors (Lipinski definition) is 10. The maximum atomic E-state index is 12.7. The Morgan fingerprint density at radius 2 is 1.05 bits per heavy atom. The number of allylic oxidation sites excluding steroid dienone is 17. The van der Waals surface area contributed by atoms with Crippen LogP contribution < -0.4 is 0 Å². The number of carbonyl (C=O) groups is 2. The molecule has 10 heteroatoms. The van der Waals surface area contributed by atoms with Gasteiger partial charge in [-0.05, 0) is 77.0 Å². The SMILES string of the molecule is CCC=CCC=CCC=CCC=CCC=CCC(=O)OCC(COC1OC(CO)C(O)C(O)C1O)OC(=O)CCCCC=CCC=CCC=CCC=CCC. The number of ether oxygens (including phenoxy) is 4. The number of aliphatic hydroxyl groups is 4. The van der Waals surface area contributed by atoms with Gasteiger partial charge >= 0.3 is 11.9 Å². The summed E-state index contributed by atoms with van der Waals surface area (Å²) < 4.78 is 21.9. The third-order valence-electron chi connectivity index (χ3n) is 8.19. The second-order valence-corrected chi connectivity index (χ2v) is 13.0. The van der Waals surface area contributed by atoms with Crippen LogP contribution in [0.3, 0.4) is 0 Å². The Kier molecular flexibility index (Phi) is 31.3. The summed E-state index contributed by atoms with van der Waals surface area (Å²) in [6, 6.07) is 0. The molecular weight excluding hydrogens is 700 g/mol. The van der Waals surface area contributed by atoms with Crippen molar-refractivity contribution in [3.8, 4) is 0 Å². The van der Waals surface area contributed by atoms with Crippen molar-refractivity contribution in [3.63, 3.8) is 0 Å². The molecule has 0 amide bonds. The molecule has 308 valence electrons. The van der Waals surface area contributed by atoms with Gasteiger partial charge in [-0.3, -0.25) is 9.59 Å². The summed E-state index contributed by atoms with van der Waals surface area (Å²) in [6.45, 7) is 3.00. The molecular formula is C45H68O10. The molecule has 1 aliphatic rings. The maximum absolute atomic E-state index is 12.7. The van der Waals surface area contributed by atoms with Gasteiger partial charge in [0.15, 0.2) is 12.4 Å². The van der Waals surface area contributed by atoms with Gasteiger partial charge in [-0.15, -0.1) is 0 Å². The lowest BCUT2D eigenvalue weighted by Gasteiger charge is -2.39. The molecule has 6 unspecified atom stereocenters. The van der Waals surface area contributed by atoms with Crippen LogP contribution >= 0.6 is 0 Å². The molecule has 0 aromatic heterocycles. The summed E-state index contributed by atoms with van der Waals surface area (Å²) in [5, 5.41) is 39.9. The van der Waals surface area contributed by atoms with Crippen molar-refractivity contribution < 1.29 is 49.0 Å². The standard InChI is InChI=1S/C45H68O10/c1-3-5-7-9-11-13-15-17-19-21-23-25-27-29-31-33-40(47)52-36-38(37-53-45-44(51)43(50)42(49)39(35-46)55-45)54-41(48)34-32-30-28-26-24-22-20-18-16-14-12-10-8-6-4-2/h5-8,11-14,17-20,23-26,29,31,38-39,42-46,49-51H,3-4,9-10,15-16,21-22,27-28,30,32-37H2,1-2H3. The van der Waals surface area contributed by atoms with Gasteiger partial charge in [0, 0.05) is 6.42 Å². The number of carbonyl (C=O) groups excluding carboxylic acids is 2. The van der Waals surface area contributed by atoms with Gasteiger partial charge in [-0.2, -0.15) is 0 Å². The van der Waals surface area contributed by atoms with E-state index in [0.717, 1.165) is 64.2 Å². The topological polar surface area (TPSA) is 152 Å². The Morgan fingerprint density at radius 3 is 1.55 bits per heavy atom. The lowest BCUT2D eigenvalue weighted by atomic mass is 9.99. The molecule has 1 aliphatic heterocycles. The summed E-state index contributed by atoms with van der Waals surface area (Å²) in [4.78, 5) is 25.2. The highest BCUT2D eigenvalue weighted by atomic mass is 16.7. The average Bonchev–Trinajstić information content (AvgIpc) is 3.18. The van der Waals surface area contributed by atoms with Crippen LogP contribution in [0.4, 0.5) is 0 Å². The predicted molar refractivity (Wildman–Crippen MR) is 219 cm³/mol. The molecule has 0 aromatic carbocycles. The van der Waals surface area contributed by atoms with Crippen molar-refractivity contribution in [2.75, 3.05) is 19.8 Å². The van der Waals surface area contributed by atoms with Crippen LogP contribution in [0.25, 0.3) is 0 Å². The molecule has 1 rings (SSSR count). The van der Waals surface area contributed by atoms with E-state index >= 15 is 0 Å². The van der Waals surface area contributed by atoms with E-state index in [1.165, 1.54) is 0 Å². The van der Waals surface area contributed by atoms with E-state index in [0.29, 0.717) is 12.8 Å². The zero-order valence-corrected chi connectivity index (χ0v) is 33.1. The molecule has 55 heavy (non-hydrogen) atoms. The zero-order valence-electron chi connectivity index (χ0n) is 33.1. The third-order valence-corrected chi connectivity index (χ3v) is 8.19. The molecule has 1 saturated heterocycles. The van der Waals surface area contributed by atoms with E-state index in [4.69, 9.17) is 18.9 Å². The van der Waals surface area contributed by atoms with Crippen LogP contribution in [0.15, 0.2) is 109 Å². The molecule has 10 nitrogen and oxygen atoms in total. The highest BCUT2D eigenvalue weighted by Gasteiger charge is 2.44. The molecule has 0 spiro atoms. The average molecular weight is 769 g/mol. The number of rotatable bonds is 30. The number of aliphatic hydroxyl groups excluding tert-OH is 4. The fourth-order valence-corrected chi connectivity index (χ4v) is 5.07. The van der Waals surface area contributed by atoms with Crippen LogP contribution in [0.5, 0.6) is 0 Å². The largest absolute Gasteiger partial charge is 0.461 e. The van der Waals surface area contributed by atoms with Gasteiger partial charge in [0.2, 0.25) is 0 Å². The van der Waals surface area contributed by atoms with E-state index in [1.807, 2.05) is 12.2 Å². The Bertz CT molecular complexity index is 1260. The van der Waals surface area contributed by atoms with Gasteiger partial charge < -0.3 is 39.4 Å². The molecule has 0 aliphatic carbocycles. The second-order valence-electron chi connectivity index (χ2n) is 13.0. The number of esters is 2. The minimum atomic E-state index is -1.62. The van der Waals surface area contributed by atoms with Crippen LogP contribution in [-0.4, -0.2) is 89.0 Å². The summed E-state index contributed by atoms with van der Waals surface area (Å²) in [7, 11) is 0. The lowest BCUT2D eigenvalue weighted by molar-refractivity contribution is -0.305. The number of unbranched alkanes of at least 4 members (excludes halogenated alkanes) is 2. The minimum Gasteiger partial charge on any atom is -0.461 e. The van der Waals surface area contributed by atoms with Gasteiger partial charge in [0.1, 0.15) is 31.0 Å². The summed E-state index contributed by atoms with van der Waals surface area (Å²) in [5.74, 6) is -1.02. The fraction of sp³-hybridized carbons (Fsp3) is 0.556. The summed E-state index contributed by atoms with van der Waals surface area (Å²) in [6.07, 6.45) is 39.8. The number of hydrogen-bond donors (Lipinski definition) is 4. The molecule has 0 bridgehead atoms. The first-order valence-electron chi connectivity index (χ1n) is 20.0. The monoisotopic (exact) mass is 768 g/mol. The molecule has 0 saturated carbocycles. The third kappa shape index (κ3) is 26.7. The first-order valence-corrected chi connectivity index (χ1v) is 20.0. The second kappa shape index (κ2) is 34.8. The lowest BCUT2D eigenvalue weighted by Crippen LogP contribution is -2.59. The predicted octanol–water partition coefficient (Wildman–Crippen LogP) is 7.76. The Morgan fingerprint density at radius 1 is 0.582 bits per heavy atom. The van der Waals surface area contributed by atoms with Crippen molar-refractivity contribution >= 4 is 11.9 Å². The Hall–Kier alpha value is -3.64. The van der Waals surface area contributed by atoms with E-state index in [-0.39, 0.29) is 26.1 Å². The molecule has 1 heterocycles. The molecule has 0 aromatic rings. The van der Waals surface area contributed by atoms with Crippen molar-refractivity contribution in [1.82, 2.24) is 0 Å². The summed E-state index contributed by atoms with van der Waals surface area (Å²) >= 11 is 0. The van der Waals surface area contributed by atoms with Gasteiger partial charge in [0.05, 0.1) is 19.6 Å². The molecule has 1 fully saturated rings. The van der Waals surface area contributed by atoms with Gasteiger partial charge in [-0.25, -0.2) is 0 Å². The molecule has 4 N–H and O–H groups in total. The zero-order chi connectivity index (χ0) is 40.2. The van der Waals surface area contributed by atoms with E-state index in [2.05, 4.69) is 105 Å². The first kappa shape index (κ1) is 49.4. The van der Waals surface area contributed by atoms with Crippen LogP contribution in [0.2, 0.25) is 0 Å². The van der Waals surface area contributed by atoms with Gasteiger partial charge in [-0.1, -0.05) is 123 Å². The molecule has 6 atom stereocenters.